The van der Waals surface area contributed by atoms with Crippen molar-refractivity contribution in [3.05, 3.63) is 99.3 Å². The highest BCUT2D eigenvalue weighted by Gasteiger charge is 2.41. The molecule has 0 saturated heterocycles. The fraction of sp³-hybridized carbons (Fsp3) is 0.0909. The van der Waals surface area contributed by atoms with Crippen LogP contribution < -0.4 is 10.1 Å². The molecule has 152 valence electrons. The number of anilines is 1. The predicted molar refractivity (Wildman–Crippen MR) is 117 cm³/mol. The van der Waals surface area contributed by atoms with Crippen LogP contribution in [0.25, 0.3) is 5.70 Å². The van der Waals surface area contributed by atoms with Crippen LogP contribution >= 0.6 is 23.2 Å². The number of hydrogen-bond acceptors (Lipinski definition) is 6. The molecule has 2 aromatic carbocycles. The average Bonchev–Trinajstić information content (AvgIpc) is 3.27. The van der Waals surface area contributed by atoms with Crippen molar-refractivity contribution in [2.24, 2.45) is 0 Å². The zero-order valence-electron chi connectivity index (χ0n) is 15.9. The van der Waals surface area contributed by atoms with Gasteiger partial charge in [0.05, 0.1) is 5.70 Å². The highest BCUT2D eigenvalue weighted by molar-refractivity contribution is 6.31. The predicted octanol–water partition coefficient (Wildman–Crippen LogP) is 4.93. The number of aromatic nitrogens is 5. The van der Waals surface area contributed by atoms with Crippen molar-refractivity contribution in [2.75, 3.05) is 5.32 Å². The summed E-state index contributed by atoms with van der Waals surface area (Å²) in [6.07, 6.45) is 3.16. The molecule has 6 rings (SSSR count). The Balaban J connectivity index is 1.64. The third-order valence-corrected chi connectivity index (χ3v) is 5.96. The lowest BCUT2D eigenvalue weighted by Gasteiger charge is -2.38. The smallest absolute Gasteiger partial charge is 0.248 e. The number of hydrogen-bond donors (Lipinski definition) is 1. The monoisotopic (exact) mass is 448 g/mol. The van der Waals surface area contributed by atoms with Gasteiger partial charge < -0.3 is 10.1 Å². The van der Waals surface area contributed by atoms with E-state index in [9.17, 15) is 0 Å². The van der Waals surface area contributed by atoms with E-state index in [1.54, 1.807) is 10.9 Å². The van der Waals surface area contributed by atoms with Crippen molar-refractivity contribution in [3.8, 4) is 5.75 Å². The van der Waals surface area contributed by atoms with Crippen LogP contribution in [0.1, 0.15) is 28.8 Å². The summed E-state index contributed by atoms with van der Waals surface area (Å²) in [5.74, 6) is 1.26. The minimum atomic E-state index is -0.393. The second kappa shape index (κ2) is 7.08. The average molecular weight is 449 g/mol. The van der Waals surface area contributed by atoms with Crippen LogP contribution in [0.2, 0.25) is 10.0 Å². The molecule has 0 saturated carbocycles. The lowest BCUT2D eigenvalue weighted by molar-refractivity contribution is 0.222. The Morgan fingerprint density at radius 3 is 2.61 bits per heavy atom. The number of pyridine rings is 1. The Bertz CT molecular complexity index is 1320. The van der Waals surface area contributed by atoms with E-state index in [4.69, 9.17) is 27.9 Å². The molecule has 0 amide bonds. The minimum absolute atomic E-state index is 0.317. The van der Waals surface area contributed by atoms with Crippen LogP contribution in [0, 0.1) is 0 Å². The number of rotatable bonds is 2. The number of ether oxygens (including phenoxy) is 1. The van der Waals surface area contributed by atoms with Crippen molar-refractivity contribution >= 4 is 34.8 Å². The zero-order chi connectivity index (χ0) is 20.9. The SMILES string of the molecule is Clc1ccc([C@@H]2Oc3ccc(Cl)cc3C3=C2[C@H](c2cccnc2)n2nnnc2N3)cc1. The van der Waals surface area contributed by atoms with Gasteiger partial charge in [-0.1, -0.05) is 46.5 Å². The van der Waals surface area contributed by atoms with Crippen molar-refractivity contribution < 1.29 is 4.74 Å². The standard InChI is InChI=1S/C22H14Cl2N6O/c23-14-5-3-12(4-6-14)21-18-19(16-10-15(24)7-8-17(16)31-21)26-22-27-28-29-30(22)20(18)13-2-1-9-25-11-13/h1-11,20-21H,(H,26,27,29)/t20-,21-/m0/s1. The van der Waals surface area contributed by atoms with Gasteiger partial charge in [-0.05, 0) is 58.0 Å². The molecular formula is C22H14Cl2N6O. The molecule has 9 heteroatoms. The van der Waals surface area contributed by atoms with Gasteiger partial charge in [0.15, 0.2) is 0 Å². The second-order valence-electron chi connectivity index (χ2n) is 7.28. The quantitative estimate of drug-likeness (QED) is 0.468. The van der Waals surface area contributed by atoms with Crippen molar-refractivity contribution in [2.45, 2.75) is 12.1 Å². The van der Waals surface area contributed by atoms with Gasteiger partial charge in [0.25, 0.3) is 0 Å². The first kappa shape index (κ1) is 18.4. The third kappa shape index (κ3) is 2.97. The number of halogens is 2. The Hall–Kier alpha value is -3.42. The molecule has 0 bridgehead atoms. The Kier molecular flexibility index (Phi) is 4.19. The summed E-state index contributed by atoms with van der Waals surface area (Å²) >= 11 is 12.5. The summed E-state index contributed by atoms with van der Waals surface area (Å²) in [6, 6.07) is 16.8. The molecule has 2 aliphatic rings. The number of nitrogens with one attached hydrogen (secondary N) is 1. The van der Waals surface area contributed by atoms with Crippen molar-refractivity contribution in [1.29, 1.82) is 0 Å². The first-order valence-electron chi connectivity index (χ1n) is 9.60. The van der Waals surface area contributed by atoms with E-state index in [1.807, 2.05) is 60.8 Å². The molecule has 7 nitrogen and oxygen atoms in total. The van der Waals surface area contributed by atoms with E-state index in [2.05, 4.69) is 25.8 Å². The summed E-state index contributed by atoms with van der Waals surface area (Å²) in [5.41, 5.74) is 4.60. The molecule has 0 fully saturated rings. The first-order valence-corrected chi connectivity index (χ1v) is 10.4. The lowest BCUT2D eigenvalue weighted by atomic mass is 9.85. The van der Waals surface area contributed by atoms with E-state index in [0.29, 0.717) is 16.0 Å². The number of benzene rings is 2. The molecule has 1 N–H and O–H groups in total. The van der Waals surface area contributed by atoms with Gasteiger partial charge in [-0.3, -0.25) is 4.98 Å². The largest absolute Gasteiger partial charge is 0.480 e. The van der Waals surface area contributed by atoms with Crippen LogP contribution in [0.15, 0.2) is 72.6 Å². The number of nitrogens with zero attached hydrogens (tertiary/aromatic N) is 5. The van der Waals surface area contributed by atoms with Gasteiger partial charge in [0.2, 0.25) is 5.95 Å². The van der Waals surface area contributed by atoms with Crippen LogP contribution in [0.5, 0.6) is 5.75 Å². The summed E-state index contributed by atoms with van der Waals surface area (Å²) in [4.78, 5) is 4.32. The molecule has 2 aliphatic heterocycles. The van der Waals surface area contributed by atoms with E-state index in [-0.39, 0.29) is 6.04 Å². The van der Waals surface area contributed by atoms with E-state index in [0.717, 1.165) is 33.7 Å². The summed E-state index contributed by atoms with van der Waals surface area (Å²) in [5, 5.41) is 17.0. The van der Waals surface area contributed by atoms with Gasteiger partial charge in [0.1, 0.15) is 17.9 Å². The van der Waals surface area contributed by atoms with Crippen LogP contribution in [-0.4, -0.2) is 25.2 Å². The minimum Gasteiger partial charge on any atom is -0.480 e. The second-order valence-corrected chi connectivity index (χ2v) is 8.15. The highest BCUT2D eigenvalue weighted by Crippen LogP contribution is 2.50. The van der Waals surface area contributed by atoms with Gasteiger partial charge >= 0.3 is 0 Å². The zero-order valence-corrected chi connectivity index (χ0v) is 17.4. The van der Waals surface area contributed by atoms with Crippen LogP contribution in [0.3, 0.4) is 0 Å². The Morgan fingerprint density at radius 2 is 1.81 bits per heavy atom. The van der Waals surface area contributed by atoms with Gasteiger partial charge in [-0.15, -0.1) is 0 Å². The maximum absolute atomic E-state index is 6.52. The maximum Gasteiger partial charge on any atom is 0.248 e. The number of fused-ring (bicyclic) bond motifs is 3. The number of tetrazole rings is 1. The molecule has 2 atom stereocenters. The topological polar surface area (TPSA) is 77.8 Å². The Labute approximate surface area is 187 Å². The maximum atomic E-state index is 6.52. The fourth-order valence-corrected chi connectivity index (χ4v) is 4.43. The molecule has 0 radical (unpaired) electrons. The molecule has 0 spiro atoms. The van der Waals surface area contributed by atoms with Gasteiger partial charge in [-0.25, -0.2) is 0 Å². The van der Waals surface area contributed by atoms with Crippen molar-refractivity contribution in [3.63, 3.8) is 0 Å². The first-order chi connectivity index (χ1) is 15.2. The highest BCUT2D eigenvalue weighted by atomic mass is 35.5. The van der Waals surface area contributed by atoms with Gasteiger partial charge in [0, 0.05) is 33.6 Å². The molecule has 0 unspecified atom stereocenters. The molecular weight excluding hydrogens is 435 g/mol. The third-order valence-electron chi connectivity index (χ3n) is 5.47. The fourth-order valence-electron chi connectivity index (χ4n) is 4.13. The van der Waals surface area contributed by atoms with Gasteiger partial charge in [-0.2, -0.15) is 4.68 Å². The van der Waals surface area contributed by atoms with E-state index in [1.165, 1.54) is 0 Å². The van der Waals surface area contributed by atoms with Crippen LogP contribution in [-0.2, 0) is 0 Å². The van der Waals surface area contributed by atoms with E-state index < -0.39 is 6.10 Å². The molecule has 4 aromatic rings. The normalized spacial score (nSPS) is 19.0. The molecule has 31 heavy (non-hydrogen) atoms. The molecule has 0 aliphatic carbocycles. The lowest BCUT2D eigenvalue weighted by Crippen LogP contribution is -2.32. The molecule has 4 heterocycles. The summed E-state index contributed by atoms with van der Waals surface area (Å²) in [7, 11) is 0. The van der Waals surface area contributed by atoms with Crippen molar-refractivity contribution in [1.82, 2.24) is 25.2 Å². The summed E-state index contributed by atoms with van der Waals surface area (Å²) < 4.78 is 8.27. The van der Waals surface area contributed by atoms with Crippen LogP contribution in [0.4, 0.5) is 5.95 Å². The summed E-state index contributed by atoms with van der Waals surface area (Å²) in [6.45, 7) is 0. The molecule has 2 aromatic heterocycles. The van der Waals surface area contributed by atoms with E-state index >= 15 is 0 Å². The Morgan fingerprint density at radius 1 is 0.968 bits per heavy atom.